The zero-order valence-corrected chi connectivity index (χ0v) is 20.4. The van der Waals surface area contributed by atoms with Crippen LogP contribution in [0.4, 0.5) is 0 Å². The predicted molar refractivity (Wildman–Crippen MR) is 137 cm³/mol. The molecule has 1 amide bonds. The van der Waals surface area contributed by atoms with Crippen LogP contribution in [0.5, 0.6) is 17.2 Å². The van der Waals surface area contributed by atoms with Gasteiger partial charge in [0, 0.05) is 18.5 Å². The maximum atomic E-state index is 12.7. The fourth-order valence-corrected chi connectivity index (χ4v) is 4.01. The van der Waals surface area contributed by atoms with E-state index in [1.54, 1.807) is 32.4 Å². The Morgan fingerprint density at radius 2 is 1.74 bits per heavy atom. The molecule has 7 heteroatoms. The molecule has 0 saturated heterocycles. The first-order chi connectivity index (χ1) is 17.1. The standard InChI is InChI=1S/C28H31N3O4/c1-4-20-9-12-22(13-10-20)35-18-17-31-24-8-6-5-7-23(24)30-27(31)15-16-29-28(32)21-11-14-25(33-2)26(19-21)34-3/h5-14,19H,4,15-18H2,1-3H3,(H,29,32). The van der Waals surface area contributed by atoms with E-state index >= 15 is 0 Å². The van der Waals surface area contributed by atoms with E-state index in [4.69, 9.17) is 19.2 Å². The molecule has 4 aromatic rings. The second kappa shape index (κ2) is 11.4. The number of carbonyl (C=O) groups excluding carboxylic acids is 1. The van der Waals surface area contributed by atoms with Crippen LogP contribution in [-0.4, -0.2) is 42.8 Å². The van der Waals surface area contributed by atoms with Gasteiger partial charge in [0.25, 0.3) is 5.91 Å². The number of ether oxygens (including phenoxy) is 3. The molecule has 0 aliphatic heterocycles. The van der Waals surface area contributed by atoms with Gasteiger partial charge in [-0.25, -0.2) is 4.98 Å². The molecule has 0 unspecified atom stereocenters. The molecular weight excluding hydrogens is 442 g/mol. The molecule has 1 heterocycles. The number of aryl methyl sites for hydroxylation is 1. The molecule has 0 radical (unpaired) electrons. The van der Waals surface area contributed by atoms with Gasteiger partial charge < -0.3 is 24.1 Å². The van der Waals surface area contributed by atoms with Gasteiger partial charge in [-0.15, -0.1) is 0 Å². The molecule has 4 rings (SSSR count). The number of methoxy groups -OCH3 is 2. The van der Waals surface area contributed by atoms with Gasteiger partial charge in [0.15, 0.2) is 11.5 Å². The molecule has 7 nitrogen and oxygen atoms in total. The summed E-state index contributed by atoms with van der Waals surface area (Å²) in [6.45, 7) is 3.78. The van der Waals surface area contributed by atoms with Crippen molar-refractivity contribution in [1.82, 2.24) is 14.9 Å². The van der Waals surface area contributed by atoms with Crippen LogP contribution in [0.15, 0.2) is 66.7 Å². The first-order valence-corrected chi connectivity index (χ1v) is 11.8. The summed E-state index contributed by atoms with van der Waals surface area (Å²) in [6, 6.07) is 21.4. The number of para-hydroxylation sites is 2. The van der Waals surface area contributed by atoms with Crippen molar-refractivity contribution in [2.75, 3.05) is 27.4 Å². The van der Waals surface area contributed by atoms with Crippen LogP contribution in [0.1, 0.15) is 28.7 Å². The van der Waals surface area contributed by atoms with Crippen LogP contribution < -0.4 is 19.5 Å². The number of nitrogens with zero attached hydrogens (tertiary/aromatic N) is 2. The van der Waals surface area contributed by atoms with Gasteiger partial charge in [-0.1, -0.05) is 31.2 Å². The van der Waals surface area contributed by atoms with Gasteiger partial charge in [0.2, 0.25) is 0 Å². The lowest BCUT2D eigenvalue weighted by Crippen LogP contribution is -2.26. The van der Waals surface area contributed by atoms with E-state index in [-0.39, 0.29) is 5.91 Å². The van der Waals surface area contributed by atoms with Crippen molar-refractivity contribution in [1.29, 1.82) is 0 Å². The molecule has 182 valence electrons. The fourth-order valence-electron chi connectivity index (χ4n) is 4.01. The molecule has 1 N–H and O–H groups in total. The molecule has 35 heavy (non-hydrogen) atoms. The third-order valence-electron chi connectivity index (χ3n) is 5.93. The highest BCUT2D eigenvalue weighted by molar-refractivity contribution is 5.94. The number of rotatable bonds is 11. The lowest BCUT2D eigenvalue weighted by molar-refractivity contribution is 0.0953. The van der Waals surface area contributed by atoms with Crippen LogP contribution >= 0.6 is 0 Å². The minimum atomic E-state index is -0.174. The molecule has 0 bridgehead atoms. The Bertz CT molecular complexity index is 1280. The molecular formula is C28H31N3O4. The van der Waals surface area contributed by atoms with Crippen LogP contribution in [0.3, 0.4) is 0 Å². The summed E-state index contributed by atoms with van der Waals surface area (Å²) in [5.74, 6) is 2.69. The molecule has 1 aromatic heterocycles. The van der Waals surface area contributed by atoms with Crippen molar-refractivity contribution in [2.45, 2.75) is 26.3 Å². The number of hydrogen-bond donors (Lipinski definition) is 1. The number of fused-ring (bicyclic) bond motifs is 1. The Kier molecular flexibility index (Phi) is 7.88. The average molecular weight is 474 g/mol. The lowest BCUT2D eigenvalue weighted by Gasteiger charge is -2.12. The second-order valence-corrected chi connectivity index (χ2v) is 8.09. The van der Waals surface area contributed by atoms with Crippen molar-refractivity contribution in [3.63, 3.8) is 0 Å². The molecule has 0 fully saturated rings. The normalized spacial score (nSPS) is 10.8. The SMILES string of the molecule is CCc1ccc(OCCn2c(CCNC(=O)c3ccc(OC)c(OC)c3)nc3ccccc32)cc1. The van der Waals surface area contributed by atoms with Crippen molar-refractivity contribution in [3.8, 4) is 17.2 Å². The lowest BCUT2D eigenvalue weighted by atomic mass is 10.2. The van der Waals surface area contributed by atoms with Crippen LogP contribution in [0.2, 0.25) is 0 Å². The van der Waals surface area contributed by atoms with Crippen LogP contribution in [0.25, 0.3) is 11.0 Å². The minimum absolute atomic E-state index is 0.174. The summed E-state index contributed by atoms with van der Waals surface area (Å²) in [4.78, 5) is 17.5. The summed E-state index contributed by atoms with van der Waals surface area (Å²) in [7, 11) is 3.12. The number of imidazole rings is 1. The third kappa shape index (κ3) is 5.74. The summed E-state index contributed by atoms with van der Waals surface area (Å²) < 4.78 is 18.7. The maximum Gasteiger partial charge on any atom is 0.251 e. The van der Waals surface area contributed by atoms with Crippen LogP contribution in [0, 0.1) is 0 Å². The Labute approximate surface area is 205 Å². The summed E-state index contributed by atoms with van der Waals surface area (Å²) in [5, 5.41) is 2.98. The van der Waals surface area contributed by atoms with Gasteiger partial charge in [0.05, 0.1) is 31.8 Å². The summed E-state index contributed by atoms with van der Waals surface area (Å²) in [6.07, 6.45) is 1.60. The first-order valence-electron chi connectivity index (χ1n) is 11.8. The summed E-state index contributed by atoms with van der Waals surface area (Å²) in [5.41, 5.74) is 3.79. The topological polar surface area (TPSA) is 74.6 Å². The van der Waals surface area contributed by atoms with E-state index in [0.717, 1.165) is 29.0 Å². The van der Waals surface area contributed by atoms with Gasteiger partial charge in [-0.05, 0) is 54.4 Å². The van der Waals surface area contributed by atoms with Crippen molar-refractivity contribution in [2.24, 2.45) is 0 Å². The zero-order chi connectivity index (χ0) is 24.6. The molecule has 0 atom stereocenters. The van der Waals surface area contributed by atoms with Crippen molar-refractivity contribution in [3.05, 3.63) is 83.7 Å². The van der Waals surface area contributed by atoms with Gasteiger partial charge in [0.1, 0.15) is 18.2 Å². The number of nitrogens with one attached hydrogen (secondary N) is 1. The Morgan fingerprint density at radius 3 is 2.49 bits per heavy atom. The number of aromatic nitrogens is 2. The van der Waals surface area contributed by atoms with Crippen molar-refractivity contribution < 1.29 is 19.0 Å². The van der Waals surface area contributed by atoms with E-state index in [1.807, 2.05) is 30.3 Å². The number of amides is 1. The first kappa shape index (κ1) is 24.1. The Hall–Kier alpha value is -4.00. The largest absolute Gasteiger partial charge is 0.493 e. The summed E-state index contributed by atoms with van der Waals surface area (Å²) >= 11 is 0. The second-order valence-electron chi connectivity index (χ2n) is 8.09. The fraction of sp³-hybridized carbons (Fsp3) is 0.286. The molecule has 3 aromatic carbocycles. The van der Waals surface area contributed by atoms with Gasteiger partial charge in [-0.3, -0.25) is 4.79 Å². The molecule has 0 spiro atoms. The minimum Gasteiger partial charge on any atom is -0.493 e. The average Bonchev–Trinajstić information content (AvgIpc) is 3.25. The molecule has 0 saturated carbocycles. The van der Waals surface area contributed by atoms with Crippen LogP contribution in [-0.2, 0) is 19.4 Å². The predicted octanol–water partition coefficient (Wildman–Crippen LogP) is 4.67. The highest BCUT2D eigenvalue weighted by atomic mass is 16.5. The van der Waals surface area contributed by atoms with E-state index < -0.39 is 0 Å². The molecule has 0 aliphatic rings. The highest BCUT2D eigenvalue weighted by Crippen LogP contribution is 2.27. The monoisotopic (exact) mass is 473 g/mol. The van der Waals surface area contributed by atoms with E-state index in [2.05, 4.69) is 35.0 Å². The van der Waals surface area contributed by atoms with Gasteiger partial charge in [-0.2, -0.15) is 0 Å². The van der Waals surface area contributed by atoms with Crippen molar-refractivity contribution >= 4 is 16.9 Å². The Morgan fingerprint density at radius 1 is 0.971 bits per heavy atom. The maximum absolute atomic E-state index is 12.7. The van der Waals surface area contributed by atoms with E-state index in [1.165, 1.54) is 5.56 Å². The van der Waals surface area contributed by atoms with E-state index in [9.17, 15) is 4.79 Å². The third-order valence-corrected chi connectivity index (χ3v) is 5.93. The highest BCUT2D eigenvalue weighted by Gasteiger charge is 2.13. The number of carbonyl (C=O) groups is 1. The molecule has 0 aliphatic carbocycles. The quantitative estimate of drug-likeness (QED) is 0.343. The van der Waals surface area contributed by atoms with E-state index in [0.29, 0.717) is 43.2 Å². The zero-order valence-electron chi connectivity index (χ0n) is 20.4. The Balaban J connectivity index is 1.40. The van der Waals surface area contributed by atoms with Gasteiger partial charge >= 0.3 is 0 Å². The smallest absolute Gasteiger partial charge is 0.251 e. The number of benzene rings is 3. The number of hydrogen-bond acceptors (Lipinski definition) is 5.